The number of nitrogens with zero attached hydrogens (tertiary/aromatic N) is 3. The van der Waals surface area contributed by atoms with E-state index in [0.29, 0.717) is 24.7 Å². The van der Waals surface area contributed by atoms with Crippen molar-refractivity contribution in [2.24, 2.45) is 0 Å². The van der Waals surface area contributed by atoms with Crippen molar-refractivity contribution in [3.63, 3.8) is 0 Å². The summed E-state index contributed by atoms with van der Waals surface area (Å²) in [6.07, 6.45) is 2.39. The summed E-state index contributed by atoms with van der Waals surface area (Å²) in [5.41, 5.74) is 2.33. The van der Waals surface area contributed by atoms with Crippen LogP contribution in [0.4, 0.5) is 21.6 Å². The van der Waals surface area contributed by atoms with Gasteiger partial charge in [0.1, 0.15) is 29.8 Å². The van der Waals surface area contributed by atoms with Crippen LogP contribution in [0.3, 0.4) is 0 Å². The normalized spacial score (nSPS) is 16.3. The molecule has 2 aromatic carbocycles. The quantitative estimate of drug-likeness (QED) is 0.581. The largest absolute Gasteiger partial charge is 0.486 e. The molecule has 0 radical (unpaired) electrons. The zero-order valence-electron chi connectivity index (χ0n) is 17.2. The van der Waals surface area contributed by atoms with E-state index in [-0.39, 0.29) is 17.2 Å². The average molecular weight is 431 g/mol. The van der Waals surface area contributed by atoms with Gasteiger partial charge in [-0.2, -0.15) is 0 Å². The fourth-order valence-electron chi connectivity index (χ4n) is 3.32. The summed E-state index contributed by atoms with van der Waals surface area (Å²) < 4.78 is 25.2. The monoisotopic (exact) mass is 430 g/mol. The molecule has 1 aliphatic rings. The molecule has 1 fully saturated rings. The molecule has 1 atom stereocenters. The third-order valence-electron chi connectivity index (χ3n) is 5.23. The Morgan fingerprint density at radius 2 is 2.10 bits per heavy atom. The van der Waals surface area contributed by atoms with Gasteiger partial charge in [0.2, 0.25) is 0 Å². The number of ether oxygens (including phenoxy) is 2. The maximum Gasteiger partial charge on any atom is 0.145 e. The number of hydrogen-bond donors (Lipinski definition) is 1. The van der Waals surface area contributed by atoms with E-state index in [2.05, 4.69) is 34.0 Å². The van der Waals surface area contributed by atoms with Crippen LogP contribution in [-0.4, -0.2) is 42.4 Å². The molecule has 1 aliphatic heterocycles. The van der Waals surface area contributed by atoms with Gasteiger partial charge in [-0.05, 0) is 38.1 Å². The van der Waals surface area contributed by atoms with Gasteiger partial charge in [0.25, 0.3) is 0 Å². The molecule has 3 aromatic rings. The van der Waals surface area contributed by atoms with Crippen LogP contribution in [0, 0.1) is 5.82 Å². The lowest BCUT2D eigenvalue weighted by Gasteiger charge is -2.27. The molecule has 8 heteroatoms. The molecule has 0 bridgehead atoms. The number of benzene rings is 2. The highest BCUT2D eigenvalue weighted by Crippen LogP contribution is 2.37. The molecule has 0 amide bonds. The molecule has 158 valence electrons. The molecular formula is C22H24ClFN4O2. The minimum Gasteiger partial charge on any atom is -0.486 e. The summed E-state index contributed by atoms with van der Waals surface area (Å²) in [6, 6.07) is 8.70. The van der Waals surface area contributed by atoms with E-state index in [1.807, 2.05) is 19.2 Å². The Morgan fingerprint density at radius 3 is 2.80 bits per heavy atom. The average Bonchev–Trinajstić information content (AvgIpc) is 3.23. The second kappa shape index (κ2) is 8.62. The number of fused-ring (bicyclic) bond motifs is 1. The lowest BCUT2D eigenvalue weighted by Crippen LogP contribution is -2.27. The van der Waals surface area contributed by atoms with E-state index in [1.165, 1.54) is 18.5 Å². The van der Waals surface area contributed by atoms with Crippen LogP contribution >= 0.6 is 11.6 Å². The third-order valence-corrected chi connectivity index (χ3v) is 5.52. The van der Waals surface area contributed by atoms with Gasteiger partial charge in [-0.1, -0.05) is 11.6 Å². The van der Waals surface area contributed by atoms with Crippen LogP contribution in [0.2, 0.25) is 5.02 Å². The van der Waals surface area contributed by atoms with Gasteiger partial charge in [-0.25, -0.2) is 14.4 Å². The minimum atomic E-state index is -0.465. The van der Waals surface area contributed by atoms with Gasteiger partial charge in [0, 0.05) is 36.7 Å². The van der Waals surface area contributed by atoms with E-state index < -0.39 is 5.82 Å². The van der Waals surface area contributed by atoms with Crippen LogP contribution in [0.1, 0.15) is 20.3 Å². The van der Waals surface area contributed by atoms with Crippen molar-refractivity contribution in [3.05, 3.63) is 47.5 Å². The maximum absolute atomic E-state index is 13.5. The summed E-state index contributed by atoms with van der Waals surface area (Å²) in [6.45, 7) is 5.54. The van der Waals surface area contributed by atoms with Crippen LogP contribution < -0.4 is 15.0 Å². The first-order chi connectivity index (χ1) is 14.4. The van der Waals surface area contributed by atoms with Gasteiger partial charge in [0.15, 0.2) is 0 Å². The standard InChI is InChI=1S/C22H24ClFN4O2/c1-13(2)28(3)20-9-16-19(10-21(20)30-15-6-7-29-11-15)25-12-26-22(16)27-14-4-5-18(24)17(23)8-14/h4-5,8-10,12-13,15H,6-7,11H2,1-3H3,(H,25,26,27)/t15-/m0/s1. The molecule has 1 N–H and O–H groups in total. The van der Waals surface area contributed by atoms with E-state index in [1.54, 1.807) is 6.07 Å². The van der Waals surface area contributed by atoms with Gasteiger partial charge < -0.3 is 19.7 Å². The second-order valence-corrected chi connectivity index (χ2v) is 8.03. The molecule has 1 aromatic heterocycles. The second-order valence-electron chi connectivity index (χ2n) is 7.62. The number of nitrogens with one attached hydrogen (secondary N) is 1. The molecule has 2 heterocycles. The molecule has 0 unspecified atom stereocenters. The van der Waals surface area contributed by atoms with Crippen molar-refractivity contribution in [2.75, 3.05) is 30.5 Å². The number of halogens is 2. The molecule has 6 nitrogen and oxygen atoms in total. The Hall–Kier alpha value is -2.64. The Morgan fingerprint density at radius 1 is 1.27 bits per heavy atom. The van der Waals surface area contributed by atoms with Crippen molar-refractivity contribution < 1.29 is 13.9 Å². The summed E-state index contributed by atoms with van der Waals surface area (Å²) in [5, 5.41) is 4.10. The Balaban J connectivity index is 1.76. The van der Waals surface area contributed by atoms with Crippen LogP contribution in [0.15, 0.2) is 36.7 Å². The van der Waals surface area contributed by atoms with Gasteiger partial charge in [0.05, 0.1) is 29.4 Å². The lowest BCUT2D eigenvalue weighted by atomic mass is 10.1. The third kappa shape index (κ3) is 4.27. The zero-order chi connectivity index (χ0) is 21.3. The Bertz CT molecular complexity index is 1060. The van der Waals surface area contributed by atoms with E-state index >= 15 is 0 Å². The minimum absolute atomic E-state index is 0.0301. The SMILES string of the molecule is CC(C)N(C)c1cc2c(Nc3ccc(F)c(Cl)c3)ncnc2cc1O[C@H]1CCOC1. The molecular weight excluding hydrogens is 407 g/mol. The van der Waals surface area contributed by atoms with Gasteiger partial charge >= 0.3 is 0 Å². The van der Waals surface area contributed by atoms with Crippen LogP contribution in [0.5, 0.6) is 5.75 Å². The molecule has 4 rings (SSSR count). The first-order valence-corrected chi connectivity index (χ1v) is 10.3. The van der Waals surface area contributed by atoms with Crippen LogP contribution in [0.25, 0.3) is 10.9 Å². The molecule has 0 aliphatic carbocycles. The summed E-state index contributed by atoms with van der Waals surface area (Å²) in [4.78, 5) is 11.0. The zero-order valence-corrected chi connectivity index (χ0v) is 17.9. The highest BCUT2D eigenvalue weighted by atomic mass is 35.5. The fraction of sp³-hybridized carbons (Fsp3) is 0.364. The first-order valence-electron chi connectivity index (χ1n) is 9.90. The highest BCUT2D eigenvalue weighted by molar-refractivity contribution is 6.31. The Kier molecular flexibility index (Phi) is 5.92. The van der Waals surface area contributed by atoms with Crippen LogP contribution in [-0.2, 0) is 4.74 Å². The number of hydrogen-bond acceptors (Lipinski definition) is 6. The first kappa shape index (κ1) is 20.6. The van der Waals surface area contributed by atoms with Crippen molar-refractivity contribution in [1.29, 1.82) is 0 Å². The predicted octanol–water partition coefficient (Wildman–Crippen LogP) is 5.18. The highest BCUT2D eigenvalue weighted by Gasteiger charge is 2.22. The lowest BCUT2D eigenvalue weighted by molar-refractivity contribution is 0.141. The Labute approximate surface area is 180 Å². The van der Waals surface area contributed by atoms with Crippen molar-refractivity contribution in [1.82, 2.24) is 9.97 Å². The van der Waals surface area contributed by atoms with Gasteiger partial charge in [-0.15, -0.1) is 0 Å². The smallest absolute Gasteiger partial charge is 0.145 e. The number of aromatic nitrogens is 2. The molecule has 0 saturated carbocycles. The molecule has 1 saturated heterocycles. The van der Waals surface area contributed by atoms with Crippen molar-refractivity contribution in [3.8, 4) is 5.75 Å². The van der Waals surface area contributed by atoms with E-state index in [4.69, 9.17) is 21.1 Å². The molecule has 30 heavy (non-hydrogen) atoms. The van der Waals surface area contributed by atoms with E-state index in [9.17, 15) is 4.39 Å². The molecule has 0 spiro atoms. The van der Waals surface area contributed by atoms with Gasteiger partial charge in [-0.3, -0.25) is 0 Å². The summed E-state index contributed by atoms with van der Waals surface area (Å²) >= 11 is 5.92. The fourth-order valence-corrected chi connectivity index (χ4v) is 3.50. The summed E-state index contributed by atoms with van der Waals surface area (Å²) in [5.74, 6) is 0.911. The van der Waals surface area contributed by atoms with Crippen molar-refractivity contribution in [2.45, 2.75) is 32.4 Å². The number of rotatable bonds is 6. The topological polar surface area (TPSA) is 59.5 Å². The predicted molar refractivity (Wildman–Crippen MR) is 118 cm³/mol. The maximum atomic E-state index is 13.5. The van der Waals surface area contributed by atoms with E-state index in [0.717, 1.165) is 28.8 Å². The summed E-state index contributed by atoms with van der Waals surface area (Å²) in [7, 11) is 2.03. The van der Waals surface area contributed by atoms with Crippen molar-refractivity contribution >= 4 is 39.7 Å². The number of anilines is 3.